The smallest absolute Gasteiger partial charge is 0.108 e. The van der Waals surface area contributed by atoms with Gasteiger partial charge in [0.1, 0.15) is 5.82 Å². The number of thioether (sulfide) groups is 1. The number of imidazole rings is 1. The lowest BCUT2D eigenvalue weighted by Crippen LogP contribution is -2.36. The highest BCUT2D eigenvalue weighted by Crippen LogP contribution is 2.28. The quantitative estimate of drug-likeness (QED) is 0.842. The number of hydrogen-bond donors (Lipinski definition) is 1. The molecule has 1 fully saturated rings. The van der Waals surface area contributed by atoms with Crippen molar-refractivity contribution in [2.24, 2.45) is 13.0 Å². The molecule has 2 heterocycles. The number of nitrogens with zero attached hydrogens (tertiary/aromatic N) is 2. The fourth-order valence-corrected chi connectivity index (χ4v) is 3.90. The number of aromatic nitrogens is 2. The lowest BCUT2D eigenvalue weighted by molar-refractivity contribution is 0.365. The number of hydrogen-bond acceptors (Lipinski definition) is 3. The van der Waals surface area contributed by atoms with E-state index in [1.54, 1.807) is 0 Å². The predicted octanol–water partition coefficient (Wildman–Crippen LogP) is 2.08. The zero-order valence-electron chi connectivity index (χ0n) is 10.9. The van der Waals surface area contributed by atoms with Gasteiger partial charge in [-0.3, -0.25) is 0 Å². The maximum Gasteiger partial charge on any atom is 0.108 e. The third-order valence-electron chi connectivity index (χ3n) is 3.60. The van der Waals surface area contributed by atoms with Crippen molar-refractivity contribution in [3.05, 3.63) is 18.2 Å². The maximum atomic E-state index is 4.40. The Labute approximate surface area is 108 Å². The highest BCUT2D eigenvalue weighted by molar-refractivity contribution is 7.99. The van der Waals surface area contributed by atoms with Gasteiger partial charge in [0.25, 0.3) is 0 Å². The van der Waals surface area contributed by atoms with Crippen molar-refractivity contribution in [2.75, 3.05) is 18.1 Å². The minimum absolute atomic E-state index is 0.673. The van der Waals surface area contributed by atoms with Crippen molar-refractivity contribution in [3.63, 3.8) is 0 Å². The Kier molecular flexibility index (Phi) is 4.92. The van der Waals surface area contributed by atoms with E-state index in [9.17, 15) is 0 Å². The van der Waals surface area contributed by atoms with Crippen LogP contribution in [0.4, 0.5) is 0 Å². The van der Waals surface area contributed by atoms with Gasteiger partial charge in [0.2, 0.25) is 0 Å². The van der Waals surface area contributed by atoms with Gasteiger partial charge in [-0.1, -0.05) is 6.92 Å². The highest BCUT2D eigenvalue weighted by Gasteiger charge is 2.24. The molecular formula is C13H23N3S. The molecule has 1 aromatic heterocycles. The molecule has 1 N–H and O–H groups in total. The second kappa shape index (κ2) is 6.45. The van der Waals surface area contributed by atoms with Crippen LogP contribution in [0.3, 0.4) is 0 Å². The Morgan fingerprint density at radius 1 is 1.65 bits per heavy atom. The van der Waals surface area contributed by atoms with Gasteiger partial charge in [0, 0.05) is 31.9 Å². The summed E-state index contributed by atoms with van der Waals surface area (Å²) in [4.78, 5) is 4.40. The summed E-state index contributed by atoms with van der Waals surface area (Å²) in [6.07, 6.45) is 7.60. The average molecular weight is 253 g/mol. The molecule has 2 atom stereocenters. The molecule has 0 radical (unpaired) electrons. The molecular weight excluding hydrogens is 230 g/mol. The maximum absolute atomic E-state index is 4.40. The summed E-state index contributed by atoms with van der Waals surface area (Å²) < 4.78 is 2.13. The summed E-state index contributed by atoms with van der Waals surface area (Å²) >= 11 is 2.10. The van der Waals surface area contributed by atoms with Gasteiger partial charge in [0.15, 0.2) is 0 Å². The van der Waals surface area contributed by atoms with E-state index < -0.39 is 0 Å². The van der Waals surface area contributed by atoms with Crippen LogP contribution in [0.2, 0.25) is 0 Å². The van der Waals surface area contributed by atoms with Crippen molar-refractivity contribution < 1.29 is 0 Å². The Morgan fingerprint density at radius 3 is 3.12 bits per heavy atom. The van der Waals surface area contributed by atoms with E-state index in [4.69, 9.17) is 0 Å². The van der Waals surface area contributed by atoms with E-state index in [0.717, 1.165) is 18.9 Å². The van der Waals surface area contributed by atoms with Crippen LogP contribution >= 0.6 is 11.8 Å². The second-order valence-electron chi connectivity index (χ2n) is 4.78. The van der Waals surface area contributed by atoms with E-state index >= 15 is 0 Å². The first-order valence-electron chi connectivity index (χ1n) is 6.58. The van der Waals surface area contributed by atoms with Crippen LogP contribution in [-0.2, 0) is 13.5 Å². The lowest BCUT2D eigenvalue weighted by atomic mass is 9.95. The minimum atomic E-state index is 0.673. The molecule has 17 heavy (non-hydrogen) atoms. The summed E-state index contributed by atoms with van der Waals surface area (Å²) in [6.45, 7) is 3.28. The number of rotatable bonds is 6. The first-order valence-corrected chi connectivity index (χ1v) is 7.74. The molecule has 2 rings (SSSR count). The Bertz CT molecular complexity index is 331. The molecule has 0 bridgehead atoms. The Hall–Kier alpha value is -0.480. The van der Waals surface area contributed by atoms with E-state index in [-0.39, 0.29) is 0 Å². The molecule has 96 valence electrons. The van der Waals surface area contributed by atoms with E-state index in [1.807, 2.05) is 12.4 Å². The molecule has 2 unspecified atom stereocenters. The Morgan fingerprint density at radius 2 is 2.53 bits per heavy atom. The SMILES string of the molecule is CCNC(CCc1nccn1C)C1CCSC1. The predicted molar refractivity (Wildman–Crippen MR) is 74.4 cm³/mol. The monoisotopic (exact) mass is 253 g/mol. The van der Waals surface area contributed by atoms with Gasteiger partial charge in [-0.05, 0) is 36.8 Å². The zero-order chi connectivity index (χ0) is 12.1. The molecule has 4 heteroatoms. The van der Waals surface area contributed by atoms with Crippen LogP contribution in [0, 0.1) is 5.92 Å². The van der Waals surface area contributed by atoms with Crippen molar-refractivity contribution >= 4 is 11.8 Å². The van der Waals surface area contributed by atoms with E-state index in [0.29, 0.717) is 6.04 Å². The number of nitrogens with one attached hydrogen (secondary N) is 1. The normalized spacial score (nSPS) is 21.9. The van der Waals surface area contributed by atoms with Gasteiger partial charge >= 0.3 is 0 Å². The fourth-order valence-electron chi connectivity index (χ4n) is 2.56. The first-order chi connectivity index (χ1) is 8.31. The zero-order valence-corrected chi connectivity index (χ0v) is 11.7. The molecule has 3 nitrogen and oxygen atoms in total. The summed E-state index contributed by atoms with van der Waals surface area (Å²) in [5.41, 5.74) is 0. The standard InChI is InChI=1S/C13H23N3S/c1-3-14-12(11-6-9-17-10-11)4-5-13-15-7-8-16(13)2/h7-8,11-12,14H,3-6,9-10H2,1-2H3. The van der Waals surface area contributed by atoms with Gasteiger partial charge < -0.3 is 9.88 Å². The molecule has 0 aliphatic carbocycles. The van der Waals surface area contributed by atoms with Gasteiger partial charge in [0.05, 0.1) is 0 Å². The summed E-state index contributed by atoms with van der Waals surface area (Å²) in [5.74, 6) is 4.74. The van der Waals surface area contributed by atoms with Gasteiger partial charge in [-0.15, -0.1) is 0 Å². The topological polar surface area (TPSA) is 29.9 Å². The minimum Gasteiger partial charge on any atom is -0.338 e. The molecule has 0 aromatic carbocycles. The molecule has 1 aliphatic heterocycles. The third-order valence-corrected chi connectivity index (χ3v) is 4.79. The van der Waals surface area contributed by atoms with Crippen molar-refractivity contribution in [1.29, 1.82) is 0 Å². The van der Waals surface area contributed by atoms with Crippen LogP contribution in [0.5, 0.6) is 0 Å². The fraction of sp³-hybridized carbons (Fsp3) is 0.769. The van der Waals surface area contributed by atoms with Crippen LogP contribution in [-0.4, -0.2) is 33.6 Å². The van der Waals surface area contributed by atoms with Gasteiger partial charge in [-0.2, -0.15) is 11.8 Å². The van der Waals surface area contributed by atoms with Crippen molar-refractivity contribution in [1.82, 2.24) is 14.9 Å². The van der Waals surface area contributed by atoms with Crippen LogP contribution in [0.1, 0.15) is 25.6 Å². The summed E-state index contributed by atoms with van der Waals surface area (Å²) in [6, 6.07) is 0.673. The summed E-state index contributed by atoms with van der Waals surface area (Å²) in [7, 11) is 2.08. The van der Waals surface area contributed by atoms with Crippen LogP contribution in [0.15, 0.2) is 12.4 Å². The van der Waals surface area contributed by atoms with Crippen molar-refractivity contribution in [2.45, 2.75) is 32.2 Å². The van der Waals surface area contributed by atoms with E-state index in [2.05, 4.69) is 40.6 Å². The van der Waals surface area contributed by atoms with Crippen LogP contribution < -0.4 is 5.32 Å². The van der Waals surface area contributed by atoms with Crippen molar-refractivity contribution in [3.8, 4) is 0 Å². The second-order valence-corrected chi connectivity index (χ2v) is 5.93. The molecule has 1 saturated heterocycles. The molecule has 1 aliphatic rings. The highest BCUT2D eigenvalue weighted by atomic mass is 32.2. The van der Waals surface area contributed by atoms with E-state index in [1.165, 1.54) is 30.2 Å². The third kappa shape index (κ3) is 3.49. The average Bonchev–Trinajstić information content (AvgIpc) is 2.96. The molecule has 1 aromatic rings. The Balaban J connectivity index is 1.86. The van der Waals surface area contributed by atoms with Gasteiger partial charge in [-0.25, -0.2) is 4.98 Å². The summed E-state index contributed by atoms with van der Waals surface area (Å²) in [5, 5.41) is 3.66. The largest absolute Gasteiger partial charge is 0.338 e. The lowest BCUT2D eigenvalue weighted by Gasteiger charge is -2.23. The molecule has 0 spiro atoms. The molecule has 0 amide bonds. The number of aryl methyl sites for hydroxylation is 2. The van der Waals surface area contributed by atoms with Crippen LogP contribution in [0.25, 0.3) is 0 Å². The first kappa shape index (κ1) is 13.0. The molecule has 0 saturated carbocycles.